The standard InChI is InChI=1S/C16H17NO3/c1-11(13-3-2-4-14(17)9-13)16(19)20-10-12-5-7-15(18)8-6-12/h2-9,11,18H,10,17H2,1H3. The highest BCUT2D eigenvalue weighted by molar-refractivity contribution is 5.78. The predicted molar refractivity (Wildman–Crippen MR) is 77.2 cm³/mol. The first kappa shape index (κ1) is 13.9. The van der Waals surface area contributed by atoms with Crippen molar-refractivity contribution in [2.45, 2.75) is 19.4 Å². The van der Waals surface area contributed by atoms with Gasteiger partial charge in [-0.3, -0.25) is 4.79 Å². The lowest BCUT2D eigenvalue weighted by atomic mass is 10.0. The quantitative estimate of drug-likeness (QED) is 0.662. The maximum absolute atomic E-state index is 12.0. The van der Waals surface area contributed by atoms with Crippen LogP contribution in [0.5, 0.6) is 5.75 Å². The maximum atomic E-state index is 12.0. The van der Waals surface area contributed by atoms with E-state index in [1.54, 1.807) is 43.3 Å². The van der Waals surface area contributed by atoms with E-state index in [1.165, 1.54) is 0 Å². The first-order valence-electron chi connectivity index (χ1n) is 6.36. The highest BCUT2D eigenvalue weighted by Crippen LogP contribution is 2.20. The van der Waals surface area contributed by atoms with Crippen molar-refractivity contribution >= 4 is 11.7 Å². The van der Waals surface area contributed by atoms with E-state index in [1.807, 2.05) is 12.1 Å². The zero-order valence-electron chi connectivity index (χ0n) is 11.2. The maximum Gasteiger partial charge on any atom is 0.313 e. The molecule has 0 fully saturated rings. The largest absolute Gasteiger partial charge is 0.508 e. The Morgan fingerprint density at radius 3 is 2.60 bits per heavy atom. The average Bonchev–Trinajstić information content (AvgIpc) is 2.45. The third-order valence-corrected chi connectivity index (χ3v) is 3.08. The second-order valence-electron chi connectivity index (χ2n) is 4.67. The third kappa shape index (κ3) is 3.51. The van der Waals surface area contributed by atoms with E-state index >= 15 is 0 Å². The van der Waals surface area contributed by atoms with Gasteiger partial charge in [0.05, 0.1) is 5.92 Å². The lowest BCUT2D eigenvalue weighted by Crippen LogP contribution is -2.13. The molecule has 0 bridgehead atoms. The number of nitrogen functional groups attached to an aromatic ring is 1. The summed E-state index contributed by atoms with van der Waals surface area (Å²) in [7, 11) is 0. The van der Waals surface area contributed by atoms with Crippen LogP contribution in [0.4, 0.5) is 5.69 Å². The van der Waals surface area contributed by atoms with Crippen LogP contribution in [0.15, 0.2) is 48.5 Å². The van der Waals surface area contributed by atoms with E-state index in [0.29, 0.717) is 5.69 Å². The summed E-state index contributed by atoms with van der Waals surface area (Å²) in [5, 5.41) is 9.18. The fraction of sp³-hybridized carbons (Fsp3) is 0.188. The van der Waals surface area contributed by atoms with Gasteiger partial charge in [0.1, 0.15) is 12.4 Å². The van der Waals surface area contributed by atoms with Gasteiger partial charge in [-0.2, -0.15) is 0 Å². The van der Waals surface area contributed by atoms with Crippen LogP contribution in [0.1, 0.15) is 24.0 Å². The summed E-state index contributed by atoms with van der Waals surface area (Å²) in [5.41, 5.74) is 7.99. The Hall–Kier alpha value is -2.49. The van der Waals surface area contributed by atoms with Crippen molar-refractivity contribution in [1.82, 2.24) is 0 Å². The van der Waals surface area contributed by atoms with Gasteiger partial charge in [-0.25, -0.2) is 0 Å². The number of carbonyl (C=O) groups excluding carboxylic acids is 1. The number of nitrogens with two attached hydrogens (primary N) is 1. The Labute approximate surface area is 117 Å². The van der Waals surface area contributed by atoms with Gasteiger partial charge in [-0.15, -0.1) is 0 Å². The van der Waals surface area contributed by atoms with Crippen LogP contribution in [0, 0.1) is 0 Å². The second-order valence-corrected chi connectivity index (χ2v) is 4.67. The number of hydrogen-bond donors (Lipinski definition) is 2. The SMILES string of the molecule is CC(C(=O)OCc1ccc(O)cc1)c1cccc(N)c1. The molecule has 104 valence electrons. The summed E-state index contributed by atoms with van der Waals surface area (Å²) in [6.07, 6.45) is 0. The summed E-state index contributed by atoms with van der Waals surface area (Å²) < 4.78 is 5.26. The van der Waals surface area contributed by atoms with Gasteiger partial charge in [0.2, 0.25) is 0 Å². The zero-order chi connectivity index (χ0) is 14.5. The fourth-order valence-electron chi connectivity index (χ4n) is 1.84. The topological polar surface area (TPSA) is 72.5 Å². The lowest BCUT2D eigenvalue weighted by Gasteiger charge is -2.12. The molecule has 4 heteroatoms. The number of carbonyl (C=O) groups is 1. The number of phenolic OH excluding ortho intramolecular Hbond substituents is 1. The van der Waals surface area contributed by atoms with E-state index in [-0.39, 0.29) is 24.2 Å². The molecule has 2 aromatic carbocycles. The molecule has 2 rings (SSSR count). The minimum atomic E-state index is -0.365. The molecule has 0 aliphatic carbocycles. The van der Waals surface area contributed by atoms with Crippen molar-refractivity contribution in [3.8, 4) is 5.75 Å². The molecule has 1 atom stereocenters. The first-order chi connectivity index (χ1) is 9.56. The highest BCUT2D eigenvalue weighted by atomic mass is 16.5. The molecule has 0 radical (unpaired) electrons. The van der Waals surface area contributed by atoms with Crippen LogP contribution >= 0.6 is 0 Å². The zero-order valence-corrected chi connectivity index (χ0v) is 11.2. The van der Waals surface area contributed by atoms with Crippen molar-refractivity contribution in [2.24, 2.45) is 0 Å². The molecular weight excluding hydrogens is 254 g/mol. The van der Waals surface area contributed by atoms with Crippen LogP contribution in [0.3, 0.4) is 0 Å². The minimum absolute atomic E-state index is 0.186. The number of phenols is 1. The van der Waals surface area contributed by atoms with Crippen LogP contribution in [-0.4, -0.2) is 11.1 Å². The van der Waals surface area contributed by atoms with Crippen molar-refractivity contribution < 1.29 is 14.6 Å². The molecule has 2 aromatic rings. The van der Waals surface area contributed by atoms with Crippen LogP contribution in [-0.2, 0) is 16.1 Å². The monoisotopic (exact) mass is 271 g/mol. The van der Waals surface area contributed by atoms with Gasteiger partial charge in [-0.1, -0.05) is 24.3 Å². The lowest BCUT2D eigenvalue weighted by molar-refractivity contribution is -0.146. The molecule has 0 saturated carbocycles. The number of anilines is 1. The molecule has 0 saturated heterocycles. The molecular formula is C16H17NO3. The van der Waals surface area contributed by atoms with Gasteiger partial charge in [-0.05, 0) is 42.3 Å². The highest BCUT2D eigenvalue weighted by Gasteiger charge is 2.16. The predicted octanol–water partition coefficient (Wildman–Crippen LogP) is 2.82. The number of hydrogen-bond acceptors (Lipinski definition) is 4. The Morgan fingerprint density at radius 2 is 1.95 bits per heavy atom. The van der Waals surface area contributed by atoms with Crippen molar-refractivity contribution in [3.63, 3.8) is 0 Å². The van der Waals surface area contributed by atoms with Gasteiger partial charge >= 0.3 is 5.97 Å². The third-order valence-electron chi connectivity index (χ3n) is 3.08. The smallest absolute Gasteiger partial charge is 0.313 e. The summed E-state index contributed by atoms with van der Waals surface area (Å²) in [5.74, 6) is -0.479. The van der Waals surface area contributed by atoms with E-state index < -0.39 is 0 Å². The summed E-state index contributed by atoms with van der Waals surface area (Å²) in [6, 6.07) is 13.8. The molecule has 0 heterocycles. The molecule has 0 amide bonds. The number of benzene rings is 2. The van der Waals surface area contributed by atoms with Gasteiger partial charge in [0.25, 0.3) is 0 Å². The van der Waals surface area contributed by atoms with Crippen molar-refractivity contribution in [1.29, 1.82) is 0 Å². The number of rotatable bonds is 4. The molecule has 20 heavy (non-hydrogen) atoms. The van der Waals surface area contributed by atoms with Gasteiger partial charge in [0, 0.05) is 5.69 Å². The first-order valence-corrected chi connectivity index (χ1v) is 6.36. The van der Waals surface area contributed by atoms with Crippen molar-refractivity contribution in [2.75, 3.05) is 5.73 Å². The molecule has 0 aromatic heterocycles. The number of aromatic hydroxyl groups is 1. The molecule has 0 aliphatic heterocycles. The van der Waals surface area contributed by atoms with Gasteiger partial charge in [0.15, 0.2) is 0 Å². The Morgan fingerprint density at radius 1 is 1.25 bits per heavy atom. The average molecular weight is 271 g/mol. The van der Waals surface area contributed by atoms with Crippen molar-refractivity contribution in [3.05, 3.63) is 59.7 Å². The molecule has 0 spiro atoms. The Bertz CT molecular complexity index is 593. The second kappa shape index (κ2) is 6.10. The summed E-state index contributed by atoms with van der Waals surface area (Å²) in [6.45, 7) is 1.97. The van der Waals surface area contributed by atoms with Crippen LogP contribution < -0.4 is 5.73 Å². The fourth-order valence-corrected chi connectivity index (χ4v) is 1.84. The van der Waals surface area contributed by atoms with E-state index in [4.69, 9.17) is 10.5 Å². The molecule has 3 N–H and O–H groups in total. The minimum Gasteiger partial charge on any atom is -0.508 e. The van der Waals surface area contributed by atoms with Crippen LogP contribution in [0.25, 0.3) is 0 Å². The van der Waals surface area contributed by atoms with E-state index in [2.05, 4.69) is 0 Å². The Kier molecular flexibility index (Phi) is 4.25. The van der Waals surface area contributed by atoms with Gasteiger partial charge < -0.3 is 15.6 Å². The normalized spacial score (nSPS) is 11.8. The summed E-state index contributed by atoms with van der Waals surface area (Å²) in [4.78, 5) is 12.0. The Balaban J connectivity index is 1.96. The number of ether oxygens (including phenoxy) is 1. The molecule has 1 unspecified atom stereocenters. The number of esters is 1. The summed E-state index contributed by atoms with van der Waals surface area (Å²) >= 11 is 0. The van der Waals surface area contributed by atoms with E-state index in [9.17, 15) is 9.90 Å². The molecule has 4 nitrogen and oxygen atoms in total. The molecule has 0 aliphatic rings. The van der Waals surface area contributed by atoms with Crippen LogP contribution in [0.2, 0.25) is 0 Å². The van der Waals surface area contributed by atoms with E-state index in [0.717, 1.165) is 11.1 Å².